The van der Waals surface area contributed by atoms with Crippen LogP contribution in [-0.4, -0.2) is 31.1 Å². The van der Waals surface area contributed by atoms with E-state index in [0.29, 0.717) is 31.2 Å². The highest BCUT2D eigenvalue weighted by atomic mass is 127. The molecule has 134 valence electrons. The van der Waals surface area contributed by atoms with E-state index in [-0.39, 0.29) is 34.6 Å². The summed E-state index contributed by atoms with van der Waals surface area (Å²) in [6, 6.07) is 16.2. The Balaban J connectivity index is 0.00000312. The predicted octanol–water partition coefficient (Wildman–Crippen LogP) is 2.96. The minimum atomic E-state index is -0.388. The third-order valence-corrected chi connectivity index (χ3v) is 3.26. The van der Waals surface area contributed by atoms with Gasteiger partial charge in [-0.25, -0.2) is 0 Å². The first-order chi connectivity index (χ1) is 11.7. The lowest BCUT2D eigenvalue weighted by Gasteiger charge is -2.12. The lowest BCUT2D eigenvalue weighted by Crippen LogP contribution is -2.39. The Morgan fingerprint density at radius 3 is 2.48 bits per heavy atom. The zero-order valence-corrected chi connectivity index (χ0v) is 16.2. The number of rotatable bonds is 7. The molecule has 0 aromatic heterocycles. The van der Waals surface area contributed by atoms with Gasteiger partial charge < -0.3 is 15.4 Å². The van der Waals surface area contributed by atoms with E-state index in [1.54, 1.807) is 25.2 Å². The number of ether oxygens (including phenoxy) is 1. The number of nitrogens with zero attached hydrogens (tertiary/aromatic N) is 2. The van der Waals surface area contributed by atoms with Crippen molar-refractivity contribution in [3.8, 4) is 5.75 Å². The average Bonchev–Trinajstić information content (AvgIpc) is 2.62. The lowest BCUT2D eigenvalue weighted by atomic mass is 10.2. The van der Waals surface area contributed by atoms with Crippen LogP contribution in [0, 0.1) is 10.1 Å². The van der Waals surface area contributed by atoms with E-state index in [4.69, 9.17) is 4.74 Å². The van der Waals surface area contributed by atoms with Crippen molar-refractivity contribution in [1.82, 2.24) is 10.6 Å². The number of benzene rings is 2. The van der Waals surface area contributed by atoms with Gasteiger partial charge in [-0.05, 0) is 12.1 Å². The van der Waals surface area contributed by atoms with Crippen molar-refractivity contribution in [3.63, 3.8) is 0 Å². The van der Waals surface area contributed by atoms with Gasteiger partial charge in [-0.15, -0.1) is 24.0 Å². The van der Waals surface area contributed by atoms with E-state index in [1.807, 2.05) is 30.3 Å². The molecule has 25 heavy (non-hydrogen) atoms. The maximum Gasteiger partial charge on any atom is 0.274 e. The van der Waals surface area contributed by atoms with Crippen LogP contribution in [0.15, 0.2) is 59.6 Å². The highest BCUT2D eigenvalue weighted by Gasteiger charge is 2.12. The standard InChI is InChI=1S/C17H20N4O3.HI/c1-18-17(19-11-12-24-15-8-3-2-4-9-15)20-13-14-7-5-6-10-16(14)21(22)23;/h2-10H,11-13H2,1H3,(H2,18,19,20);1H. The van der Waals surface area contributed by atoms with Gasteiger partial charge in [-0.2, -0.15) is 0 Å². The molecule has 7 nitrogen and oxygen atoms in total. The summed E-state index contributed by atoms with van der Waals surface area (Å²) >= 11 is 0. The van der Waals surface area contributed by atoms with Crippen LogP contribution in [0.5, 0.6) is 5.75 Å². The van der Waals surface area contributed by atoms with Gasteiger partial charge in [0, 0.05) is 25.2 Å². The van der Waals surface area contributed by atoms with Gasteiger partial charge in [0.1, 0.15) is 12.4 Å². The smallest absolute Gasteiger partial charge is 0.274 e. The molecule has 0 saturated carbocycles. The molecule has 0 aliphatic rings. The molecule has 0 spiro atoms. The number of nitro groups is 1. The van der Waals surface area contributed by atoms with E-state index in [9.17, 15) is 10.1 Å². The second-order valence-electron chi connectivity index (χ2n) is 4.90. The number of hydrogen-bond donors (Lipinski definition) is 2. The van der Waals surface area contributed by atoms with E-state index in [1.165, 1.54) is 6.07 Å². The molecule has 8 heteroatoms. The first kappa shape index (κ1) is 20.7. The lowest BCUT2D eigenvalue weighted by molar-refractivity contribution is -0.385. The maximum atomic E-state index is 11.0. The van der Waals surface area contributed by atoms with E-state index < -0.39 is 0 Å². The van der Waals surface area contributed by atoms with Crippen LogP contribution in [0.25, 0.3) is 0 Å². The maximum absolute atomic E-state index is 11.0. The highest BCUT2D eigenvalue weighted by Crippen LogP contribution is 2.16. The van der Waals surface area contributed by atoms with Crippen molar-refractivity contribution in [2.45, 2.75) is 6.54 Å². The molecule has 0 heterocycles. The van der Waals surface area contributed by atoms with Crippen molar-refractivity contribution >= 4 is 35.6 Å². The van der Waals surface area contributed by atoms with Crippen molar-refractivity contribution in [2.75, 3.05) is 20.2 Å². The predicted molar refractivity (Wildman–Crippen MR) is 109 cm³/mol. The number of halogens is 1. The molecule has 0 atom stereocenters. The molecular weight excluding hydrogens is 435 g/mol. The molecule has 0 unspecified atom stereocenters. The third kappa shape index (κ3) is 6.96. The van der Waals surface area contributed by atoms with Crippen molar-refractivity contribution in [1.29, 1.82) is 0 Å². The van der Waals surface area contributed by atoms with Crippen LogP contribution < -0.4 is 15.4 Å². The molecule has 0 radical (unpaired) electrons. The zero-order valence-electron chi connectivity index (χ0n) is 13.8. The van der Waals surface area contributed by atoms with E-state index >= 15 is 0 Å². The van der Waals surface area contributed by atoms with Crippen LogP contribution in [-0.2, 0) is 6.54 Å². The van der Waals surface area contributed by atoms with Gasteiger partial charge in [-0.1, -0.05) is 36.4 Å². The number of aliphatic imine (C=N–C) groups is 1. The number of nitro benzene ring substituents is 1. The minimum absolute atomic E-state index is 0. The van der Waals surface area contributed by atoms with E-state index in [2.05, 4.69) is 15.6 Å². The Morgan fingerprint density at radius 1 is 1.12 bits per heavy atom. The fourth-order valence-corrected chi connectivity index (χ4v) is 2.09. The fourth-order valence-electron chi connectivity index (χ4n) is 2.09. The average molecular weight is 456 g/mol. The Bertz CT molecular complexity index is 695. The highest BCUT2D eigenvalue weighted by molar-refractivity contribution is 14.0. The monoisotopic (exact) mass is 456 g/mol. The molecule has 0 aliphatic heterocycles. The molecule has 2 rings (SSSR count). The van der Waals surface area contributed by atoms with Gasteiger partial charge in [-0.3, -0.25) is 15.1 Å². The summed E-state index contributed by atoms with van der Waals surface area (Å²) in [5, 5.41) is 17.2. The molecule has 0 aliphatic carbocycles. The second kappa shape index (κ2) is 11.2. The summed E-state index contributed by atoms with van der Waals surface area (Å²) in [5.41, 5.74) is 0.693. The first-order valence-corrected chi connectivity index (χ1v) is 7.55. The van der Waals surface area contributed by atoms with Gasteiger partial charge in [0.25, 0.3) is 5.69 Å². The molecule has 0 bridgehead atoms. The van der Waals surface area contributed by atoms with Crippen molar-refractivity contribution in [2.24, 2.45) is 4.99 Å². The molecule has 2 aromatic carbocycles. The van der Waals surface area contributed by atoms with Crippen LogP contribution in [0.4, 0.5) is 5.69 Å². The topological polar surface area (TPSA) is 88.8 Å². The van der Waals surface area contributed by atoms with E-state index in [0.717, 1.165) is 5.75 Å². The SMILES string of the molecule is CN=C(NCCOc1ccccc1)NCc1ccccc1[N+](=O)[O-].I. The summed E-state index contributed by atoms with van der Waals surface area (Å²) in [4.78, 5) is 14.7. The molecule has 2 N–H and O–H groups in total. The summed E-state index contributed by atoms with van der Waals surface area (Å²) in [5.74, 6) is 1.37. The normalized spacial score (nSPS) is 10.5. The molecule has 2 aromatic rings. The number of guanidine groups is 1. The summed E-state index contributed by atoms with van der Waals surface area (Å²) in [6.07, 6.45) is 0. The van der Waals surface area contributed by atoms with Gasteiger partial charge in [0.15, 0.2) is 5.96 Å². The van der Waals surface area contributed by atoms with Gasteiger partial charge in [0.2, 0.25) is 0 Å². The Morgan fingerprint density at radius 2 is 1.80 bits per heavy atom. The molecule has 0 fully saturated rings. The van der Waals surface area contributed by atoms with Crippen molar-refractivity contribution in [3.05, 3.63) is 70.3 Å². The number of hydrogen-bond acceptors (Lipinski definition) is 4. The summed E-state index contributed by atoms with van der Waals surface area (Å²) in [7, 11) is 1.65. The third-order valence-electron chi connectivity index (χ3n) is 3.26. The minimum Gasteiger partial charge on any atom is -0.492 e. The van der Waals surface area contributed by atoms with Crippen molar-refractivity contribution < 1.29 is 9.66 Å². The summed E-state index contributed by atoms with van der Waals surface area (Å²) < 4.78 is 5.58. The largest absolute Gasteiger partial charge is 0.492 e. The number of nitrogens with one attached hydrogen (secondary N) is 2. The van der Waals surface area contributed by atoms with Crippen LogP contribution >= 0.6 is 24.0 Å². The Kier molecular flexibility index (Phi) is 9.30. The van der Waals surface area contributed by atoms with Crippen LogP contribution in [0.1, 0.15) is 5.56 Å². The molecule has 0 amide bonds. The fraction of sp³-hybridized carbons (Fsp3) is 0.235. The summed E-state index contributed by atoms with van der Waals surface area (Å²) in [6.45, 7) is 1.36. The second-order valence-corrected chi connectivity index (χ2v) is 4.90. The molecular formula is C17H21IN4O3. The zero-order chi connectivity index (χ0) is 17.2. The van der Waals surface area contributed by atoms with Gasteiger partial charge in [0.05, 0.1) is 11.5 Å². The number of para-hydroxylation sites is 2. The van der Waals surface area contributed by atoms with Crippen LogP contribution in [0.3, 0.4) is 0 Å². The van der Waals surface area contributed by atoms with Crippen LogP contribution in [0.2, 0.25) is 0 Å². The molecule has 0 saturated heterocycles. The van der Waals surface area contributed by atoms with Gasteiger partial charge >= 0.3 is 0 Å². The Labute approximate surface area is 163 Å². The first-order valence-electron chi connectivity index (χ1n) is 7.55. The quantitative estimate of drug-likeness (QED) is 0.167. The Hall–Kier alpha value is -2.36.